The van der Waals surface area contributed by atoms with Crippen molar-refractivity contribution in [1.29, 1.82) is 0 Å². The van der Waals surface area contributed by atoms with Gasteiger partial charge in [-0.2, -0.15) is 18.3 Å². The smallest absolute Gasteiger partial charge is 0.420 e. The lowest BCUT2D eigenvalue weighted by atomic mass is 9.81. The van der Waals surface area contributed by atoms with Gasteiger partial charge < -0.3 is 15.1 Å². The van der Waals surface area contributed by atoms with E-state index in [1.807, 2.05) is 30.3 Å². The first-order valence-corrected chi connectivity index (χ1v) is 13.0. The van der Waals surface area contributed by atoms with Gasteiger partial charge in [0.05, 0.1) is 11.3 Å². The summed E-state index contributed by atoms with van der Waals surface area (Å²) in [5.74, 6) is -0.173. The van der Waals surface area contributed by atoms with Gasteiger partial charge >= 0.3 is 6.18 Å². The number of aromatic nitrogens is 4. The van der Waals surface area contributed by atoms with Gasteiger partial charge in [0.25, 0.3) is 5.91 Å². The number of nitrogens with one attached hydrogen (secondary N) is 2. The average Bonchev–Trinajstić information content (AvgIpc) is 3.65. The van der Waals surface area contributed by atoms with Gasteiger partial charge in [-0.15, -0.1) is 10.2 Å². The van der Waals surface area contributed by atoms with Crippen LogP contribution in [-0.2, 0) is 11.0 Å². The number of para-hydroxylation sites is 1. The highest BCUT2D eigenvalue weighted by Gasteiger charge is 2.39. The van der Waals surface area contributed by atoms with Crippen LogP contribution in [0.4, 0.5) is 13.2 Å². The molecule has 0 aliphatic heterocycles. The fourth-order valence-corrected chi connectivity index (χ4v) is 4.76. The Bertz CT molecular complexity index is 1440. The highest BCUT2D eigenvalue weighted by Crippen LogP contribution is 2.36. The van der Waals surface area contributed by atoms with Crippen LogP contribution in [0.5, 0.6) is 0 Å². The van der Waals surface area contributed by atoms with Crippen LogP contribution < -0.4 is 10.6 Å². The molecule has 0 unspecified atom stereocenters. The zero-order valence-corrected chi connectivity index (χ0v) is 21.4. The number of amides is 2. The van der Waals surface area contributed by atoms with E-state index in [1.54, 1.807) is 30.3 Å². The lowest BCUT2D eigenvalue weighted by Gasteiger charge is -2.25. The maximum atomic E-state index is 13.5. The van der Waals surface area contributed by atoms with Crippen LogP contribution in [0.3, 0.4) is 0 Å². The van der Waals surface area contributed by atoms with Crippen LogP contribution in [0, 0.1) is 5.92 Å². The second kappa shape index (κ2) is 11.7. The van der Waals surface area contributed by atoms with Gasteiger partial charge in [-0.1, -0.05) is 36.4 Å². The summed E-state index contributed by atoms with van der Waals surface area (Å²) in [6.07, 6.45) is -1.03. The molecule has 0 radical (unpaired) electrons. The molecule has 0 saturated heterocycles. The molecular formula is C28H27F3N6O3. The number of rotatable bonds is 8. The van der Waals surface area contributed by atoms with Gasteiger partial charge in [-0.05, 0) is 49.9 Å². The third-order valence-corrected chi connectivity index (χ3v) is 6.87. The molecule has 2 amide bonds. The number of hydrogen-bond donors (Lipinski definition) is 2. The second-order valence-corrected chi connectivity index (χ2v) is 9.58. The molecule has 1 aliphatic rings. The van der Waals surface area contributed by atoms with Crippen LogP contribution in [0.2, 0.25) is 0 Å². The minimum atomic E-state index is -4.80. The lowest BCUT2D eigenvalue weighted by Crippen LogP contribution is -2.38. The molecule has 12 heteroatoms. The third-order valence-electron chi connectivity index (χ3n) is 6.87. The first-order chi connectivity index (χ1) is 19.3. The summed E-state index contributed by atoms with van der Waals surface area (Å²) in [6, 6.07) is 17.7. The quantitative estimate of drug-likeness (QED) is 0.305. The number of halogens is 3. The largest absolute Gasteiger partial charge is 0.435 e. The molecule has 2 aromatic carbocycles. The van der Waals surface area contributed by atoms with Crippen molar-refractivity contribution in [3.8, 4) is 17.1 Å². The van der Waals surface area contributed by atoms with Gasteiger partial charge in [0, 0.05) is 36.7 Å². The molecule has 0 spiro atoms. The minimum absolute atomic E-state index is 0.0298. The summed E-state index contributed by atoms with van der Waals surface area (Å²) < 4.78 is 47.5. The van der Waals surface area contributed by atoms with Crippen molar-refractivity contribution >= 4 is 11.8 Å². The number of benzene rings is 2. The van der Waals surface area contributed by atoms with Gasteiger partial charge in [0.15, 0.2) is 5.69 Å². The molecule has 1 saturated carbocycles. The SMILES string of the molecule is O=C(NCCNC(=O)C1CCC(c2nnc(-c3ccccc3)o2)CC1)c1cn(-c2ccccc2)nc1C(F)(F)F. The van der Waals surface area contributed by atoms with Crippen LogP contribution >= 0.6 is 0 Å². The lowest BCUT2D eigenvalue weighted by molar-refractivity contribution is -0.141. The van der Waals surface area contributed by atoms with Crippen molar-refractivity contribution in [3.63, 3.8) is 0 Å². The monoisotopic (exact) mass is 552 g/mol. The fraction of sp³-hybridized carbons (Fsp3) is 0.321. The summed E-state index contributed by atoms with van der Waals surface area (Å²) in [5, 5.41) is 17.1. The Labute approximate surface area is 227 Å². The van der Waals surface area contributed by atoms with E-state index in [-0.39, 0.29) is 30.8 Å². The van der Waals surface area contributed by atoms with E-state index >= 15 is 0 Å². The van der Waals surface area contributed by atoms with E-state index in [0.717, 1.165) is 29.3 Å². The van der Waals surface area contributed by atoms with Crippen LogP contribution in [0.25, 0.3) is 17.1 Å². The summed E-state index contributed by atoms with van der Waals surface area (Å²) in [7, 11) is 0. The van der Waals surface area contributed by atoms with E-state index in [4.69, 9.17) is 4.42 Å². The highest BCUT2D eigenvalue weighted by atomic mass is 19.4. The molecule has 208 valence electrons. The number of alkyl halides is 3. The maximum absolute atomic E-state index is 13.5. The first kappa shape index (κ1) is 27.1. The first-order valence-electron chi connectivity index (χ1n) is 13.0. The second-order valence-electron chi connectivity index (χ2n) is 9.58. The molecule has 5 rings (SSSR count). The van der Waals surface area contributed by atoms with Crippen molar-refractivity contribution in [2.24, 2.45) is 5.92 Å². The number of nitrogens with zero attached hydrogens (tertiary/aromatic N) is 4. The molecule has 9 nitrogen and oxygen atoms in total. The zero-order chi connectivity index (χ0) is 28.1. The summed E-state index contributed by atoms with van der Waals surface area (Å²) >= 11 is 0. The Morgan fingerprint density at radius 2 is 1.55 bits per heavy atom. The van der Waals surface area contributed by atoms with Crippen molar-refractivity contribution < 1.29 is 27.2 Å². The summed E-state index contributed by atoms with van der Waals surface area (Å²) in [6.45, 7) is 0.0563. The van der Waals surface area contributed by atoms with Crippen molar-refractivity contribution in [2.75, 3.05) is 13.1 Å². The highest BCUT2D eigenvalue weighted by molar-refractivity contribution is 5.95. The molecule has 1 fully saturated rings. The van der Waals surface area contributed by atoms with Crippen molar-refractivity contribution in [3.05, 3.63) is 84.0 Å². The number of carbonyl (C=O) groups is 2. The number of hydrogen-bond acceptors (Lipinski definition) is 6. The summed E-state index contributed by atoms with van der Waals surface area (Å²) in [5.41, 5.74) is -0.616. The third kappa shape index (κ3) is 6.22. The van der Waals surface area contributed by atoms with Gasteiger partial charge in [0.2, 0.25) is 17.7 Å². The van der Waals surface area contributed by atoms with Crippen LogP contribution in [0.15, 0.2) is 71.3 Å². The normalized spacial score (nSPS) is 17.4. The fourth-order valence-electron chi connectivity index (χ4n) is 4.76. The Morgan fingerprint density at radius 3 is 2.23 bits per heavy atom. The van der Waals surface area contributed by atoms with Gasteiger partial charge in [0.1, 0.15) is 0 Å². The molecule has 4 aromatic rings. The van der Waals surface area contributed by atoms with E-state index in [0.29, 0.717) is 30.3 Å². The Morgan fingerprint density at radius 1 is 0.900 bits per heavy atom. The van der Waals surface area contributed by atoms with Gasteiger partial charge in [-0.3, -0.25) is 9.59 Å². The average molecular weight is 553 g/mol. The molecule has 40 heavy (non-hydrogen) atoms. The molecule has 2 N–H and O–H groups in total. The van der Waals surface area contributed by atoms with E-state index in [2.05, 4.69) is 25.9 Å². The standard InChI is InChI=1S/C28H27F3N6O3/c29-28(30,31)23-22(17-37(36-23)21-9-5-2-6-10-21)25(39)33-16-15-32-24(38)18-11-13-20(14-12-18)27-35-34-26(40-27)19-7-3-1-4-8-19/h1-10,17-18,20H,11-16H2,(H,32,38)(H,33,39). The van der Waals surface area contributed by atoms with Crippen molar-refractivity contribution in [2.45, 2.75) is 37.8 Å². The molecule has 2 aromatic heterocycles. The summed E-state index contributed by atoms with van der Waals surface area (Å²) in [4.78, 5) is 25.2. The Hall–Kier alpha value is -4.48. The van der Waals surface area contributed by atoms with Crippen molar-refractivity contribution in [1.82, 2.24) is 30.6 Å². The molecule has 1 aliphatic carbocycles. The van der Waals surface area contributed by atoms with E-state index in [1.165, 1.54) is 0 Å². The van der Waals surface area contributed by atoms with Gasteiger partial charge in [-0.25, -0.2) is 4.68 Å². The topological polar surface area (TPSA) is 115 Å². The molecular weight excluding hydrogens is 525 g/mol. The molecule has 2 heterocycles. The Balaban J connectivity index is 1.09. The number of carbonyl (C=O) groups excluding carboxylic acids is 2. The Kier molecular flexibility index (Phi) is 7.94. The van der Waals surface area contributed by atoms with E-state index < -0.39 is 23.3 Å². The molecule has 0 bridgehead atoms. The minimum Gasteiger partial charge on any atom is -0.420 e. The zero-order valence-electron chi connectivity index (χ0n) is 21.4. The van der Waals surface area contributed by atoms with Crippen LogP contribution in [-0.4, -0.2) is 44.9 Å². The predicted molar refractivity (Wildman–Crippen MR) is 138 cm³/mol. The van der Waals surface area contributed by atoms with E-state index in [9.17, 15) is 22.8 Å². The molecule has 0 atom stereocenters. The van der Waals surface area contributed by atoms with Crippen LogP contribution in [0.1, 0.15) is 53.5 Å². The maximum Gasteiger partial charge on any atom is 0.435 e. The predicted octanol–water partition coefficient (Wildman–Crippen LogP) is 4.76.